The molecule has 1 aliphatic rings. The lowest BCUT2D eigenvalue weighted by atomic mass is 9.94. The summed E-state index contributed by atoms with van der Waals surface area (Å²) < 4.78 is 5.23. The summed E-state index contributed by atoms with van der Waals surface area (Å²) >= 11 is 12.3. The third-order valence-corrected chi connectivity index (χ3v) is 6.74. The van der Waals surface area contributed by atoms with Crippen molar-refractivity contribution in [1.29, 1.82) is 0 Å². The Bertz CT molecular complexity index is 1470. The van der Waals surface area contributed by atoms with E-state index in [0.29, 0.717) is 33.0 Å². The van der Waals surface area contributed by atoms with Crippen LogP contribution in [0.5, 0.6) is 5.75 Å². The maximum atomic E-state index is 13.6. The van der Waals surface area contributed by atoms with E-state index in [0.717, 1.165) is 5.39 Å². The van der Waals surface area contributed by atoms with Gasteiger partial charge in [0.15, 0.2) is 0 Å². The highest BCUT2D eigenvalue weighted by Crippen LogP contribution is 2.31. The molecule has 3 amide bonds. The summed E-state index contributed by atoms with van der Waals surface area (Å²) in [6, 6.07) is 22.3. The fourth-order valence-electron chi connectivity index (χ4n) is 4.40. The highest BCUT2D eigenvalue weighted by molar-refractivity contribution is 6.37. The van der Waals surface area contributed by atoms with Crippen LogP contribution in [0.15, 0.2) is 78.9 Å². The van der Waals surface area contributed by atoms with Gasteiger partial charge in [0, 0.05) is 40.3 Å². The smallest absolute Gasteiger partial charge is 0.261 e. The molecule has 4 aromatic rings. The lowest BCUT2D eigenvalue weighted by Crippen LogP contribution is -2.46. The predicted octanol–water partition coefficient (Wildman–Crippen LogP) is 6.10. The Hall–Kier alpha value is -3.87. The first-order valence-electron chi connectivity index (χ1n) is 11.2. The van der Waals surface area contributed by atoms with Gasteiger partial charge in [-0.3, -0.25) is 19.3 Å². The van der Waals surface area contributed by atoms with E-state index in [2.05, 4.69) is 0 Å². The number of hydrogen-bond acceptors (Lipinski definition) is 4. The number of halogens is 2. The molecule has 0 saturated carbocycles. The fraction of sp³-hybridized carbons (Fsp3) is 0.107. The van der Waals surface area contributed by atoms with Crippen LogP contribution >= 0.6 is 23.2 Å². The van der Waals surface area contributed by atoms with Gasteiger partial charge < -0.3 is 9.64 Å². The zero-order valence-electron chi connectivity index (χ0n) is 19.2. The van der Waals surface area contributed by atoms with Crippen molar-refractivity contribution < 1.29 is 19.1 Å². The molecule has 6 nitrogen and oxygen atoms in total. The van der Waals surface area contributed by atoms with Gasteiger partial charge in [-0.05, 0) is 60.0 Å². The zero-order valence-corrected chi connectivity index (χ0v) is 20.7. The summed E-state index contributed by atoms with van der Waals surface area (Å²) in [5, 5.41) is 2.10. The number of hydrogen-bond donors (Lipinski definition) is 0. The Morgan fingerprint density at radius 2 is 1.53 bits per heavy atom. The van der Waals surface area contributed by atoms with Crippen molar-refractivity contribution in [3.63, 3.8) is 0 Å². The van der Waals surface area contributed by atoms with Gasteiger partial charge in [0.05, 0.1) is 17.7 Å². The van der Waals surface area contributed by atoms with E-state index in [1.165, 1.54) is 15.9 Å². The number of carbonyl (C=O) groups is 3. The molecule has 8 heteroatoms. The molecule has 0 radical (unpaired) electrons. The highest BCUT2D eigenvalue weighted by atomic mass is 35.5. The minimum atomic E-state index is -0.393. The van der Waals surface area contributed by atoms with Crippen molar-refractivity contribution in [1.82, 2.24) is 4.90 Å². The average Bonchev–Trinajstić information content (AvgIpc) is 2.89. The monoisotopic (exact) mass is 518 g/mol. The molecule has 5 rings (SSSR count). The quantitative estimate of drug-likeness (QED) is 0.289. The van der Waals surface area contributed by atoms with Crippen LogP contribution in [0.1, 0.15) is 31.1 Å². The molecule has 4 aromatic carbocycles. The third-order valence-electron chi connectivity index (χ3n) is 6.19. The molecule has 0 aliphatic carbocycles. The van der Waals surface area contributed by atoms with Crippen molar-refractivity contribution >= 4 is 57.4 Å². The second-order valence-corrected chi connectivity index (χ2v) is 9.09. The predicted molar refractivity (Wildman–Crippen MR) is 140 cm³/mol. The number of methoxy groups -OCH3 is 1. The maximum absolute atomic E-state index is 13.6. The Morgan fingerprint density at radius 1 is 0.889 bits per heavy atom. The van der Waals surface area contributed by atoms with Crippen molar-refractivity contribution in [2.24, 2.45) is 0 Å². The van der Waals surface area contributed by atoms with E-state index in [-0.39, 0.29) is 29.6 Å². The molecule has 0 spiro atoms. The van der Waals surface area contributed by atoms with Gasteiger partial charge in [0.2, 0.25) is 0 Å². The summed E-state index contributed by atoms with van der Waals surface area (Å²) in [6.45, 7) is 0.0467. The summed E-state index contributed by atoms with van der Waals surface area (Å²) in [7, 11) is 1.55. The Labute approximate surface area is 217 Å². The van der Waals surface area contributed by atoms with Crippen molar-refractivity contribution in [2.75, 3.05) is 25.1 Å². The van der Waals surface area contributed by atoms with Gasteiger partial charge in [-0.2, -0.15) is 0 Å². The van der Waals surface area contributed by atoms with Crippen LogP contribution in [0.2, 0.25) is 10.0 Å². The van der Waals surface area contributed by atoms with Gasteiger partial charge in [-0.1, -0.05) is 47.5 Å². The molecule has 0 unspecified atom stereocenters. The van der Waals surface area contributed by atoms with E-state index >= 15 is 0 Å². The van der Waals surface area contributed by atoms with Gasteiger partial charge in [-0.15, -0.1) is 0 Å². The maximum Gasteiger partial charge on any atom is 0.261 e. The first-order chi connectivity index (χ1) is 17.4. The number of nitrogens with zero attached hydrogens (tertiary/aromatic N) is 2. The van der Waals surface area contributed by atoms with Gasteiger partial charge >= 0.3 is 0 Å². The second-order valence-electron chi connectivity index (χ2n) is 8.25. The van der Waals surface area contributed by atoms with Crippen LogP contribution in [0.3, 0.4) is 0 Å². The van der Waals surface area contributed by atoms with E-state index in [4.69, 9.17) is 27.9 Å². The molecule has 0 fully saturated rings. The third kappa shape index (κ3) is 4.19. The summed E-state index contributed by atoms with van der Waals surface area (Å²) in [5.41, 5.74) is 1.74. The number of ether oxygens (including phenoxy) is 1. The SMILES string of the molecule is COc1ccc(N(CCN2C(=O)c3cccc4cccc(c34)C2=O)C(=O)c2ccc(Cl)cc2Cl)cc1. The molecule has 36 heavy (non-hydrogen) atoms. The Balaban J connectivity index is 1.48. The average molecular weight is 519 g/mol. The van der Waals surface area contributed by atoms with Gasteiger partial charge in [-0.25, -0.2) is 0 Å². The lowest BCUT2D eigenvalue weighted by Gasteiger charge is -2.30. The molecular formula is C28H20Cl2N2O4. The standard InChI is InChI=1S/C28H20Cl2N2O4/c1-36-20-11-9-19(10-12-20)31(26(33)21-13-8-18(29)16-24(21)30)14-15-32-27(34)22-6-2-4-17-5-3-7-23(25(17)22)28(32)35/h2-13,16H,14-15H2,1H3. The van der Waals surface area contributed by atoms with Gasteiger partial charge in [0.25, 0.3) is 17.7 Å². The van der Waals surface area contributed by atoms with Crippen LogP contribution < -0.4 is 9.64 Å². The van der Waals surface area contributed by atoms with Crippen molar-refractivity contribution in [2.45, 2.75) is 0 Å². The number of anilines is 1. The molecule has 0 atom stereocenters. The topological polar surface area (TPSA) is 66.9 Å². The molecule has 0 aromatic heterocycles. The number of rotatable bonds is 6. The Morgan fingerprint density at radius 3 is 2.11 bits per heavy atom. The number of benzene rings is 4. The number of amides is 3. The van der Waals surface area contributed by atoms with Gasteiger partial charge in [0.1, 0.15) is 5.75 Å². The molecule has 0 bridgehead atoms. The molecule has 0 N–H and O–H groups in total. The normalized spacial score (nSPS) is 12.7. The highest BCUT2D eigenvalue weighted by Gasteiger charge is 2.33. The minimum absolute atomic E-state index is 0.00856. The first-order valence-corrected chi connectivity index (χ1v) is 11.9. The van der Waals surface area contributed by atoms with E-state index in [1.807, 2.05) is 12.1 Å². The van der Waals surface area contributed by atoms with Crippen molar-refractivity contribution in [3.05, 3.63) is 106 Å². The Kier molecular flexibility index (Phi) is 6.39. The fourth-order valence-corrected chi connectivity index (χ4v) is 4.89. The molecule has 180 valence electrons. The number of imide groups is 1. The van der Waals surface area contributed by atoms with Crippen LogP contribution in [-0.4, -0.2) is 42.8 Å². The first kappa shape index (κ1) is 23.9. The molecule has 1 heterocycles. The second kappa shape index (κ2) is 9.64. The lowest BCUT2D eigenvalue weighted by molar-refractivity contribution is 0.0611. The van der Waals surface area contributed by atoms with E-state index in [1.54, 1.807) is 67.8 Å². The van der Waals surface area contributed by atoms with Crippen LogP contribution in [0, 0.1) is 0 Å². The zero-order chi connectivity index (χ0) is 25.4. The molecule has 0 saturated heterocycles. The van der Waals surface area contributed by atoms with Crippen LogP contribution in [0.25, 0.3) is 10.8 Å². The summed E-state index contributed by atoms with van der Waals surface area (Å²) in [4.78, 5) is 42.9. The van der Waals surface area contributed by atoms with E-state index in [9.17, 15) is 14.4 Å². The van der Waals surface area contributed by atoms with Crippen molar-refractivity contribution in [3.8, 4) is 5.75 Å². The largest absolute Gasteiger partial charge is 0.497 e. The minimum Gasteiger partial charge on any atom is -0.497 e. The summed E-state index contributed by atoms with van der Waals surface area (Å²) in [5.74, 6) is -0.546. The molecular weight excluding hydrogens is 499 g/mol. The van der Waals surface area contributed by atoms with Crippen LogP contribution in [-0.2, 0) is 0 Å². The molecule has 1 aliphatic heterocycles. The van der Waals surface area contributed by atoms with Crippen LogP contribution in [0.4, 0.5) is 5.69 Å². The number of carbonyl (C=O) groups excluding carboxylic acids is 3. The summed E-state index contributed by atoms with van der Waals surface area (Å²) in [6.07, 6.45) is 0. The van der Waals surface area contributed by atoms with E-state index < -0.39 is 11.8 Å².